The van der Waals surface area contributed by atoms with E-state index in [1.807, 2.05) is 13.0 Å². The maximum atomic E-state index is 11.7. The summed E-state index contributed by atoms with van der Waals surface area (Å²) in [6, 6.07) is 6.72. The average molecular weight is 229 g/mol. The van der Waals surface area contributed by atoms with Gasteiger partial charge in [0.1, 0.15) is 11.5 Å². The molecule has 17 heavy (non-hydrogen) atoms. The van der Waals surface area contributed by atoms with E-state index in [0.717, 1.165) is 5.76 Å². The largest absolute Gasteiger partial charge is 0.619 e. The predicted octanol–water partition coefficient (Wildman–Crippen LogP) is 2.12. The maximum Gasteiger partial charge on any atom is 0.192 e. The van der Waals surface area contributed by atoms with Crippen LogP contribution in [0.25, 0.3) is 6.08 Å². The lowest BCUT2D eigenvalue weighted by atomic mass is 10.2. The summed E-state index contributed by atoms with van der Waals surface area (Å²) >= 11 is 0. The summed E-state index contributed by atoms with van der Waals surface area (Å²) in [5.41, 5.74) is 0.349. The Labute approximate surface area is 98.4 Å². The molecule has 0 spiro atoms. The van der Waals surface area contributed by atoms with E-state index < -0.39 is 0 Å². The van der Waals surface area contributed by atoms with Crippen molar-refractivity contribution in [2.45, 2.75) is 6.92 Å². The molecular formula is C13H11NO3. The van der Waals surface area contributed by atoms with E-state index in [4.69, 9.17) is 4.42 Å². The Morgan fingerprint density at radius 1 is 1.41 bits per heavy atom. The molecule has 0 saturated carbocycles. The standard InChI is InChI=1S/C13H11NO3/c1-10-4-5-12(17-10)6-7-13(15)11-3-2-8-14(16)9-11/h2-9H,1H3/b7-6-. The predicted molar refractivity (Wildman–Crippen MR) is 62.2 cm³/mol. The molecule has 0 saturated heterocycles. The molecule has 2 aromatic rings. The molecule has 0 radical (unpaired) electrons. The van der Waals surface area contributed by atoms with Crippen LogP contribution in [-0.4, -0.2) is 5.78 Å². The van der Waals surface area contributed by atoms with E-state index in [9.17, 15) is 10.0 Å². The van der Waals surface area contributed by atoms with Gasteiger partial charge in [0.15, 0.2) is 18.2 Å². The van der Waals surface area contributed by atoms with Crippen molar-refractivity contribution in [3.05, 3.63) is 65.0 Å². The van der Waals surface area contributed by atoms with Gasteiger partial charge in [-0.2, -0.15) is 4.73 Å². The Hall–Kier alpha value is -2.36. The molecule has 4 nitrogen and oxygen atoms in total. The highest BCUT2D eigenvalue weighted by molar-refractivity contribution is 6.06. The van der Waals surface area contributed by atoms with Crippen LogP contribution in [0, 0.1) is 12.1 Å². The molecule has 0 fully saturated rings. The van der Waals surface area contributed by atoms with Crippen LogP contribution in [0.15, 0.2) is 47.2 Å². The lowest BCUT2D eigenvalue weighted by molar-refractivity contribution is -0.605. The quantitative estimate of drug-likeness (QED) is 0.350. The van der Waals surface area contributed by atoms with Gasteiger partial charge in [-0.05, 0) is 37.3 Å². The van der Waals surface area contributed by atoms with E-state index in [1.54, 1.807) is 18.2 Å². The number of furan rings is 1. The molecule has 2 heterocycles. The second-order valence-electron chi connectivity index (χ2n) is 3.60. The fourth-order valence-corrected chi connectivity index (χ4v) is 1.40. The van der Waals surface area contributed by atoms with Crippen molar-refractivity contribution in [3.63, 3.8) is 0 Å². The molecular weight excluding hydrogens is 218 g/mol. The SMILES string of the molecule is Cc1ccc(/C=C\C(=O)c2ccc[n+]([O-])c2)o1. The minimum absolute atomic E-state index is 0.232. The van der Waals surface area contributed by atoms with Crippen LogP contribution < -0.4 is 4.73 Å². The molecule has 86 valence electrons. The fraction of sp³-hybridized carbons (Fsp3) is 0.0769. The van der Waals surface area contributed by atoms with Gasteiger partial charge in [0.05, 0.1) is 5.56 Å². The summed E-state index contributed by atoms with van der Waals surface area (Å²) in [7, 11) is 0. The number of nitrogens with zero attached hydrogens (tertiary/aromatic N) is 1. The monoisotopic (exact) mass is 229 g/mol. The van der Waals surface area contributed by atoms with Gasteiger partial charge in [-0.1, -0.05) is 0 Å². The zero-order valence-electron chi connectivity index (χ0n) is 9.29. The highest BCUT2D eigenvalue weighted by Crippen LogP contribution is 2.08. The minimum Gasteiger partial charge on any atom is -0.619 e. The smallest absolute Gasteiger partial charge is 0.192 e. The van der Waals surface area contributed by atoms with Gasteiger partial charge in [-0.3, -0.25) is 4.79 Å². The van der Waals surface area contributed by atoms with Crippen LogP contribution in [0.2, 0.25) is 0 Å². The number of carbonyl (C=O) groups is 1. The third kappa shape index (κ3) is 2.81. The van der Waals surface area contributed by atoms with E-state index in [-0.39, 0.29) is 5.78 Å². The fourth-order valence-electron chi connectivity index (χ4n) is 1.40. The van der Waals surface area contributed by atoms with E-state index in [2.05, 4.69) is 0 Å². The lowest BCUT2D eigenvalue weighted by Crippen LogP contribution is -2.25. The van der Waals surface area contributed by atoms with Gasteiger partial charge in [-0.25, -0.2) is 0 Å². The van der Waals surface area contributed by atoms with Crippen LogP contribution in [0.4, 0.5) is 0 Å². The Bertz CT molecular complexity index is 570. The third-order valence-electron chi connectivity index (χ3n) is 2.22. The summed E-state index contributed by atoms with van der Waals surface area (Å²) in [6.45, 7) is 1.83. The summed E-state index contributed by atoms with van der Waals surface area (Å²) in [5.74, 6) is 1.17. The highest BCUT2D eigenvalue weighted by atomic mass is 16.5. The normalized spacial score (nSPS) is 10.9. The number of aromatic nitrogens is 1. The van der Waals surface area contributed by atoms with Crippen molar-refractivity contribution in [1.82, 2.24) is 0 Å². The molecule has 0 N–H and O–H groups in total. The molecule has 0 aromatic carbocycles. The second-order valence-corrected chi connectivity index (χ2v) is 3.60. The Morgan fingerprint density at radius 3 is 2.88 bits per heavy atom. The number of ketones is 1. The first-order valence-electron chi connectivity index (χ1n) is 5.13. The van der Waals surface area contributed by atoms with Gasteiger partial charge < -0.3 is 9.62 Å². The zero-order valence-corrected chi connectivity index (χ0v) is 9.29. The van der Waals surface area contributed by atoms with Gasteiger partial charge in [0.25, 0.3) is 0 Å². The molecule has 2 aromatic heterocycles. The maximum absolute atomic E-state index is 11.7. The Kier molecular flexibility index (Phi) is 3.05. The van der Waals surface area contributed by atoms with Crippen LogP contribution in [0.3, 0.4) is 0 Å². The van der Waals surface area contributed by atoms with Gasteiger partial charge in [0, 0.05) is 6.07 Å². The summed E-state index contributed by atoms with van der Waals surface area (Å²) in [5, 5.41) is 11.0. The lowest BCUT2D eigenvalue weighted by Gasteiger charge is -1.96. The number of hydrogen-bond donors (Lipinski definition) is 0. The topological polar surface area (TPSA) is 57.1 Å². The van der Waals surface area contributed by atoms with Crippen LogP contribution >= 0.6 is 0 Å². The number of aryl methyl sites for hydroxylation is 1. The van der Waals surface area contributed by atoms with Crippen LogP contribution in [-0.2, 0) is 0 Å². The molecule has 0 aliphatic carbocycles. The highest BCUT2D eigenvalue weighted by Gasteiger charge is 2.05. The number of allylic oxidation sites excluding steroid dienone is 1. The van der Waals surface area contributed by atoms with Crippen molar-refractivity contribution in [3.8, 4) is 0 Å². The van der Waals surface area contributed by atoms with E-state index in [0.29, 0.717) is 16.1 Å². The zero-order chi connectivity index (χ0) is 12.3. The van der Waals surface area contributed by atoms with Crippen LogP contribution in [0.5, 0.6) is 0 Å². The summed E-state index contributed by atoms with van der Waals surface area (Å²) in [6.07, 6.45) is 5.53. The second kappa shape index (κ2) is 4.65. The van der Waals surface area contributed by atoms with E-state index >= 15 is 0 Å². The van der Waals surface area contributed by atoms with Gasteiger partial charge >= 0.3 is 0 Å². The van der Waals surface area contributed by atoms with Crippen molar-refractivity contribution in [2.75, 3.05) is 0 Å². The first-order valence-corrected chi connectivity index (χ1v) is 5.13. The number of carbonyl (C=O) groups excluding carboxylic acids is 1. The molecule has 0 aliphatic rings. The van der Waals surface area contributed by atoms with Crippen LogP contribution in [0.1, 0.15) is 21.9 Å². The Morgan fingerprint density at radius 2 is 2.24 bits per heavy atom. The molecule has 0 bridgehead atoms. The third-order valence-corrected chi connectivity index (χ3v) is 2.22. The minimum atomic E-state index is -0.232. The first-order chi connectivity index (χ1) is 8.15. The first kappa shape index (κ1) is 11.1. The molecule has 0 atom stereocenters. The van der Waals surface area contributed by atoms with Crippen molar-refractivity contribution >= 4 is 11.9 Å². The summed E-state index contributed by atoms with van der Waals surface area (Å²) in [4.78, 5) is 11.7. The molecule has 0 aliphatic heterocycles. The molecule has 2 rings (SSSR count). The van der Waals surface area contributed by atoms with Crippen molar-refractivity contribution in [2.24, 2.45) is 0 Å². The summed E-state index contributed by atoms with van der Waals surface area (Å²) < 4.78 is 5.88. The van der Waals surface area contributed by atoms with Crippen molar-refractivity contribution in [1.29, 1.82) is 0 Å². The average Bonchev–Trinajstić information content (AvgIpc) is 2.72. The number of pyridine rings is 1. The van der Waals surface area contributed by atoms with Gasteiger partial charge in [0.2, 0.25) is 0 Å². The van der Waals surface area contributed by atoms with E-state index in [1.165, 1.54) is 24.5 Å². The number of rotatable bonds is 3. The molecule has 0 unspecified atom stereocenters. The molecule has 0 amide bonds. The molecule has 4 heteroatoms. The van der Waals surface area contributed by atoms with Gasteiger partial charge in [-0.15, -0.1) is 0 Å². The number of hydrogen-bond acceptors (Lipinski definition) is 3. The Balaban J connectivity index is 2.14. The van der Waals surface area contributed by atoms with Crippen molar-refractivity contribution < 1.29 is 13.9 Å².